The van der Waals surface area contributed by atoms with Gasteiger partial charge in [0.05, 0.1) is 0 Å². The second kappa shape index (κ2) is 7.22. The summed E-state index contributed by atoms with van der Waals surface area (Å²) in [4.78, 5) is 6.02. The maximum Gasteiger partial charge on any atom is 0.170 e. The van der Waals surface area contributed by atoms with Crippen molar-refractivity contribution in [1.29, 1.82) is 0 Å². The minimum absolute atomic E-state index is 0.208. The van der Waals surface area contributed by atoms with Crippen molar-refractivity contribution in [3.05, 3.63) is 23.6 Å². The second-order valence-electron chi connectivity index (χ2n) is 4.27. The minimum Gasteiger partial charge on any atom is -0.357 e. The summed E-state index contributed by atoms with van der Waals surface area (Å²) in [6, 6.07) is 1.72. The van der Waals surface area contributed by atoms with Crippen LogP contribution in [0.15, 0.2) is 12.3 Å². The Morgan fingerprint density at radius 2 is 2.18 bits per heavy atom. The Balaban J connectivity index is 2.72. The third-order valence-corrected chi connectivity index (χ3v) is 2.78. The summed E-state index contributed by atoms with van der Waals surface area (Å²) in [6.07, 6.45) is 5.08. The molecule has 0 aliphatic rings. The van der Waals surface area contributed by atoms with Crippen LogP contribution < -0.4 is 10.2 Å². The molecule has 1 rings (SSSR count). The van der Waals surface area contributed by atoms with Crippen molar-refractivity contribution < 1.29 is 4.39 Å². The van der Waals surface area contributed by atoms with Crippen molar-refractivity contribution in [2.45, 2.75) is 32.7 Å². The molecule has 4 heteroatoms. The van der Waals surface area contributed by atoms with E-state index in [0.717, 1.165) is 13.0 Å². The lowest BCUT2D eigenvalue weighted by molar-refractivity contribution is 0.586. The van der Waals surface area contributed by atoms with Crippen LogP contribution in [0.25, 0.3) is 0 Å². The first kappa shape index (κ1) is 13.9. The molecule has 0 fully saturated rings. The fraction of sp³-hybridized carbons (Fsp3) is 0.615. The second-order valence-corrected chi connectivity index (χ2v) is 4.27. The Kier molecular flexibility index (Phi) is 5.91. The zero-order valence-corrected chi connectivity index (χ0v) is 11.0. The molecule has 1 aromatic rings. The van der Waals surface area contributed by atoms with Gasteiger partial charge in [-0.25, -0.2) is 9.37 Å². The summed E-state index contributed by atoms with van der Waals surface area (Å²) in [5.74, 6) is 0.245. The molecule has 96 valence electrons. The van der Waals surface area contributed by atoms with Crippen LogP contribution in [0.5, 0.6) is 0 Å². The molecule has 0 radical (unpaired) electrons. The smallest absolute Gasteiger partial charge is 0.170 e. The molecule has 0 aromatic carbocycles. The van der Waals surface area contributed by atoms with Crippen molar-refractivity contribution in [1.82, 2.24) is 10.3 Å². The standard InChI is InChI=1S/C13H22FN3/c1-4-5-6-9-17(3)13-12(14)11(10-15-2)7-8-16-13/h7-8,15H,4-6,9-10H2,1-3H3. The van der Waals surface area contributed by atoms with Crippen molar-refractivity contribution in [3.63, 3.8) is 0 Å². The summed E-state index contributed by atoms with van der Waals surface area (Å²) in [5.41, 5.74) is 0.667. The summed E-state index contributed by atoms with van der Waals surface area (Å²) >= 11 is 0. The normalized spacial score (nSPS) is 10.6. The summed E-state index contributed by atoms with van der Waals surface area (Å²) < 4.78 is 14.1. The molecule has 0 unspecified atom stereocenters. The average molecular weight is 239 g/mol. The molecule has 0 aliphatic carbocycles. The van der Waals surface area contributed by atoms with Crippen LogP contribution >= 0.6 is 0 Å². The van der Waals surface area contributed by atoms with Gasteiger partial charge in [-0.3, -0.25) is 0 Å². The van der Waals surface area contributed by atoms with Crippen LogP contribution in [-0.2, 0) is 6.54 Å². The lowest BCUT2D eigenvalue weighted by Gasteiger charge is -2.19. The largest absolute Gasteiger partial charge is 0.357 e. The molecule has 0 bridgehead atoms. The molecular formula is C13H22FN3. The highest BCUT2D eigenvalue weighted by Crippen LogP contribution is 2.18. The number of pyridine rings is 1. The van der Waals surface area contributed by atoms with Gasteiger partial charge in [0, 0.05) is 31.9 Å². The van der Waals surface area contributed by atoms with Gasteiger partial charge >= 0.3 is 0 Å². The van der Waals surface area contributed by atoms with E-state index >= 15 is 0 Å². The molecule has 1 aromatic heterocycles. The van der Waals surface area contributed by atoms with Crippen molar-refractivity contribution >= 4 is 5.82 Å². The van der Waals surface area contributed by atoms with Crippen molar-refractivity contribution in [2.24, 2.45) is 0 Å². The molecule has 1 heterocycles. The number of rotatable bonds is 7. The lowest BCUT2D eigenvalue weighted by Crippen LogP contribution is -2.22. The number of unbranched alkanes of at least 4 members (excludes halogenated alkanes) is 2. The molecule has 1 N–H and O–H groups in total. The monoisotopic (exact) mass is 239 g/mol. The highest BCUT2D eigenvalue weighted by atomic mass is 19.1. The maximum atomic E-state index is 14.1. The Morgan fingerprint density at radius 3 is 2.82 bits per heavy atom. The molecule has 17 heavy (non-hydrogen) atoms. The van der Waals surface area contributed by atoms with E-state index in [-0.39, 0.29) is 5.82 Å². The zero-order chi connectivity index (χ0) is 12.7. The highest BCUT2D eigenvalue weighted by Gasteiger charge is 2.12. The zero-order valence-electron chi connectivity index (χ0n) is 11.0. The van der Waals surface area contributed by atoms with Gasteiger partial charge in [-0.1, -0.05) is 19.8 Å². The van der Waals surface area contributed by atoms with E-state index in [4.69, 9.17) is 0 Å². The molecular weight excluding hydrogens is 217 g/mol. The van der Waals surface area contributed by atoms with Crippen LogP contribution in [0.3, 0.4) is 0 Å². The number of halogens is 1. The topological polar surface area (TPSA) is 28.2 Å². The molecule has 0 spiro atoms. The number of nitrogens with one attached hydrogen (secondary N) is 1. The van der Waals surface area contributed by atoms with E-state index in [0.29, 0.717) is 17.9 Å². The van der Waals surface area contributed by atoms with E-state index in [1.54, 1.807) is 12.3 Å². The average Bonchev–Trinajstić information content (AvgIpc) is 2.32. The van der Waals surface area contributed by atoms with E-state index in [1.165, 1.54) is 12.8 Å². The van der Waals surface area contributed by atoms with E-state index in [9.17, 15) is 4.39 Å². The van der Waals surface area contributed by atoms with Gasteiger partial charge in [0.15, 0.2) is 11.6 Å². The van der Waals surface area contributed by atoms with Gasteiger partial charge in [0.2, 0.25) is 0 Å². The van der Waals surface area contributed by atoms with Crippen LogP contribution in [0, 0.1) is 5.82 Å². The van der Waals surface area contributed by atoms with Crippen molar-refractivity contribution in [2.75, 3.05) is 25.5 Å². The van der Waals surface area contributed by atoms with Gasteiger partial charge in [-0.05, 0) is 19.5 Å². The van der Waals surface area contributed by atoms with Gasteiger partial charge in [-0.15, -0.1) is 0 Å². The third kappa shape index (κ3) is 3.97. The minimum atomic E-state index is -0.208. The van der Waals surface area contributed by atoms with E-state index in [2.05, 4.69) is 17.2 Å². The van der Waals surface area contributed by atoms with Crippen LogP contribution in [0.1, 0.15) is 31.7 Å². The number of aromatic nitrogens is 1. The number of anilines is 1. The summed E-state index contributed by atoms with van der Waals surface area (Å²) in [7, 11) is 3.70. The SMILES string of the molecule is CCCCCN(C)c1nccc(CNC)c1F. The van der Waals surface area contributed by atoms with Gasteiger partial charge in [0.1, 0.15) is 0 Å². The number of hydrogen-bond donors (Lipinski definition) is 1. The van der Waals surface area contributed by atoms with Gasteiger partial charge < -0.3 is 10.2 Å². The van der Waals surface area contributed by atoms with Crippen molar-refractivity contribution in [3.8, 4) is 0 Å². The highest BCUT2D eigenvalue weighted by molar-refractivity contribution is 5.42. The fourth-order valence-electron chi connectivity index (χ4n) is 1.77. The molecule has 0 amide bonds. The van der Waals surface area contributed by atoms with Gasteiger partial charge in [-0.2, -0.15) is 0 Å². The molecule has 0 aliphatic heterocycles. The third-order valence-electron chi connectivity index (χ3n) is 2.78. The van der Waals surface area contributed by atoms with E-state index in [1.807, 2.05) is 19.0 Å². The number of hydrogen-bond acceptors (Lipinski definition) is 3. The predicted molar refractivity (Wildman–Crippen MR) is 69.8 cm³/mol. The summed E-state index contributed by atoms with van der Waals surface area (Å²) in [6.45, 7) is 3.54. The Morgan fingerprint density at radius 1 is 1.41 bits per heavy atom. The first-order chi connectivity index (χ1) is 8.20. The first-order valence-electron chi connectivity index (χ1n) is 6.19. The number of nitrogens with zero attached hydrogens (tertiary/aromatic N) is 2. The molecule has 3 nitrogen and oxygen atoms in total. The fourth-order valence-corrected chi connectivity index (χ4v) is 1.77. The molecule has 0 saturated carbocycles. The molecule has 0 saturated heterocycles. The lowest BCUT2D eigenvalue weighted by atomic mass is 10.2. The van der Waals surface area contributed by atoms with Crippen LogP contribution in [-0.4, -0.2) is 25.6 Å². The summed E-state index contributed by atoms with van der Waals surface area (Å²) in [5, 5.41) is 2.96. The predicted octanol–water partition coefficient (Wildman–Crippen LogP) is 2.57. The van der Waals surface area contributed by atoms with E-state index < -0.39 is 0 Å². The quantitative estimate of drug-likeness (QED) is 0.741. The Labute approximate surface area is 103 Å². The Hall–Kier alpha value is -1.16. The van der Waals surface area contributed by atoms with Crippen LogP contribution in [0.2, 0.25) is 0 Å². The van der Waals surface area contributed by atoms with Crippen LogP contribution in [0.4, 0.5) is 10.2 Å². The maximum absolute atomic E-state index is 14.1. The Bertz CT molecular complexity index is 341. The first-order valence-corrected chi connectivity index (χ1v) is 6.19. The van der Waals surface area contributed by atoms with Gasteiger partial charge in [0.25, 0.3) is 0 Å². The molecule has 0 atom stereocenters.